The van der Waals surface area contributed by atoms with Crippen LogP contribution in [0.3, 0.4) is 0 Å². The predicted molar refractivity (Wildman–Crippen MR) is 183 cm³/mol. The average Bonchev–Trinajstić information content (AvgIpc) is 3.77. The Balaban J connectivity index is 0.000000374. The van der Waals surface area contributed by atoms with E-state index in [1.165, 1.54) is 30.3 Å². The number of hydrogen-bond donors (Lipinski definition) is 2. The molecule has 0 saturated heterocycles. The number of phenolic OH excluding ortho intramolecular Hbond substituents is 2. The zero-order chi connectivity index (χ0) is 38.8. The second-order valence-corrected chi connectivity index (χ2v) is 12.0. The van der Waals surface area contributed by atoms with E-state index in [0.29, 0.717) is 44.2 Å². The molecule has 4 aromatic carbocycles. The van der Waals surface area contributed by atoms with Gasteiger partial charge in [-0.1, -0.05) is 18.7 Å². The molecule has 25 heteroatoms. The van der Waals surface area contributed by atoms with Crippen LogP contribution in [0.25, 0.3) is 31.2 Å². The molecule has 0 aliphatic heterocycles. The van der Waals surface area contributed by atoms with Crippen molar-refractivity contribution in [2.45, 2.75) is 9.79 Å². The van der Waals surface area contributed by atoms with E-state index >= 15 is 0 Å². The molecule has 0 aliphatic carbocycles. The molecule has 0 bridgehead atoms. The Morgan fingerprint density at radius 3 is 1.88 bits per heavy atom. The summed E-state index contributed by atoms with van der Waals surface area (Å²) in [5.41, 5.74) is 0.101. The van der Waals surface area contributed by atoms with Crippen LogP contribution in [0.5, 0.6) is 11.5 Å². The Kier molecular flexibility index (Phi) is 18.4. The molecule has 57 heavy (non-hydrogen) atoms. The Hall–Kier alpha value is -5.23. The number of aromatic nitrogens is 4. The summed E-state index contributed by atoms with van der Waals surface area (Å²) in [6.07, 6.45) is 0. The molecule has 0 saturated carbocycles. The topological polar surface area (TPSA) is 299 Å². The number of nitrogens with zero attached hydrogens (tertiary/aromatic N) is 12. The molecule has 0 amide bonds. The number of aliphatic imine (C=N–C) groups is 4. The maximum Gasteiger partial charge on any atom is 2.00 e. The van der Waals surface area contributed by atoms with Crippen molar-refractivity contribution in [3.05, 3.63) is 94.9 Å². The Bertz CT molecular complexity index is 2820. The maximum atomic E-state index is 11.3. The number of benzene rings is 4. The first-order valence-corrected chi connectivity index (χ1v) is 16.2. The zero-order valence-corrected chi connectivity index (χ0v) is 35.2. The van der Waals surface area contributed by atoms with Crippen LogP contribution >= 0.6 is 12.0 Å². The number of hydrogen-bond acceptors (Lipinski definition) is 17. The first-order valence-electron chi connectivity index (χ1n) is 14.1. The molecule has 0 aliphatic rings. The first kappa shape index (κ1) is 47.9. The van der Waals surface area contributed by atoms with Gasteiger partial charge in [0.1, 0.15) is 45.6 Å². The van der Waals surface area contributed by atoms with Crippen LogP contribution in [-0.2, 0) is 36.0 Å². The van der Waals surface area contributed by atoms with Crippen molar-refractivity contribution in [1.82, 2.24) is 19.9 Å². The summed E-state index contributed by atoms with van der Waals surface area (Å²) in [5.74, 6) is -0.813. The van der Waals surface area contributed by atoms with Gasteiger partial charge in [0, 0.05) is 27.6 Å². The van der Waals surface area contributed by atoms with Gasteiger partial charge in [0.25, 0.3) is 0 Å². The van der Waals surface area contributed by atoms with Crippen LogP contribution in [0, 0.1) is 35.8 Å². The molecule has 6 aromatic rings. The summed E-state index contributed by atoms with van der Waals surface area (Å²) in [7, 11) is -4.74. The minimum atomic E-state index is -4.74. The molecule has 2 N–H and O–H groups in total. The van der Waals surface area contributed by atoms with Crippen LogP contribution in [0.2, 0.25) is 0 Å². The van der Waals surface area contributed by atoms with Gasteiger partial charge in [-0.05, 0) is 59.3 Å². The monoisotopic (exact) mass is 860 g/mol. The summed E-state index contributed by atoms with van der Waals surface area (Å²) >= 11 is 0.682. The fourth-order valence-corrected chi connectivity index (χ4v) is 5.30. The number of phenols is 2. The molecule has 0 atom stereocenters. The molecule has 6 rings (SSSR count). The van der Waals surface area contributed by atoms with Crippen molar-refractivity contribution >= 4 is 90.6 Å². The molecule has 0 radical (unpaired) electrons. The van der Waals surface area contributed by atoms with Gasteiger partial charge in [-0.15, -0.1) is 0 Å². The third-order valence-electron chi connectivity index (χ3n) is 6.55. The summed E-state index contributed by atoms with van der Waals surface area (Å²) in [6, 6.07) is 22.3. The van der Waals surface area contributed by atoms with E-state index in [1.54, 1.807) is 30.3 Å². The molecule has 272 valence electrons. The largest absolute Gasteiger partial charge is 2.00 e. The fraction of sp³-hybridized carbons (Fsp3) is 0. The molecule has 20 nitrogen and oxygen atoms in total. The number of aromatic hydroxyl groups is 2. The third kappa shape index (κ3) is 12.4. The molecule has 2 aromatic heterocycles. The van der Waals surface area contributed by atoms with Gasteiger partial charge < -0.3 is 44.7 Å². The minimum Gasteiger partial charge on any atom is -0.744 e. The van der Waals surface area contributed by atoms with Crippen molar-refractivity contribution in [1.29, 1.82) is 10.5 Å². The van der Waals surface area contributed by atoms with Crippen LogP contribution in [-0.4, -0.2) is 45.2 Å². The van der Waals surface area contributed by atoms with Crippen molar-refractivity contribution in [3.63, 3.8) is 0 Å². The van der Waals surface area contributed by atoms with Crippen molar-refractivity contribution in [2.24, 2.45) is 20.0 Å². The maximum absolute atomic E-state index is 11.3. The normalized spacial score (nSPS) is 9.79. The fourth-order valence-electron chi connectivity index (χ4n) is 4.33. The SMILES string of the molecule is N#Cc1nc(N=C=Nc2cc(SOO[O-])cc3ccc(O)cc23)[n-]c1C#N.[C-]#[N+]c1nc(N=C=Nc2cc(S(=O)(=O)[O-])cc3ccc(O)cc23)[n-]c1[N+]#[C-].[Na+].[Na+].[Ni+2]. The second kappa shape index (κ2) is 21.9. The number of imidazole rings is 2. The number of fused-ring (bicyclic) bond motifs is 2. The Morgan fingerprint density at radius 1 is 0.807 bits per heavy atom. The van der Waals surface area contributed by atoms with Gasteiger partial charge in [-0.2, -0.15) is 24.8 Å². The summed E-state index contributed by atoms with van der Waals surface area (Å²) < 4.78 is 38.3. The van der Waals surface area contributed by atoms with Crippen LogP contribution in [0.4, 0.5) is 34.9 Å². The Labute approximate surface area is 379 Å². The quantitative estimate of drug-likeness (QED) is 0.0355. The van der Waals surface area contributed by atoms with Crippen LogP contribution < -0.4 is 74.3 Å². The molecule has 2 heterocycles. The molecule has 0 fully saturated rings. The first-order chi connectivity index (χ1) is 26.0. The smallest absolute Gasteiger partial charge is 0.744 e. The van der Waals surface area contributed by atoms with E-state index in [1.807, 2.05) is 0 Å². The second-order valence-electron chi connectivity index (χ2n) is 9.86. The number of rotatable bonds is 8. The molecular weight excluding hydrogens is 849 g/mol. The van der Waals surface area contributed by atoms with Gasteiger partial charge in [-0.25, -0.2) is 20.0 Å². The summed E-state index contributed by atoms with van der Waals surface area (Å²) in [4.78, 5) is 36.4. The van der Waals surface area contributed by atoms with Crippen molar-refractivity contribution < 1.29 is 113 Å². The standard InChI is InChI=1S/2C16H7N6O4S.2Na.Ni/c1-17-14-15(18-2)22-16(21-14)20-8-19-13-7-11(27(24,25)26)5-9-3-4-10(23)6-12(9)13;17-6-14-15(7-18)22-16(21-14)20-8-19-13-5-11(27-26-25-24)3-9-1-2-10(23)4-12(9)13;;;/h3-7H,(H2-,21,22,23,24,25,26);1-5H,(H2-,21,22,23,24);;;/q2*-1;2*+1;+2/p-2. The van der Waals surface area contributed by atoms with Gasteiger partial charge in [0.15, 0.2) is 0 Å². The molecule has 0 spiro atoms. The minimum absolute atomic E-state index is 0. The van der Waals surface area contributed by atoms with E-state index in [-0.39, 0.29) is 128 Å². The summed E-state index contributed by atoms with van der Waals surface area (Å²) in [6.45, 7) is 13.8. The zero-order valence-electron chi connectivity index (χ0n) is 28.6. The molecule has 0 unspecified atom stereocenters. The number of nitriles is 2. The predicted octanol–water partition coefficient (Wildman–Crippen LogP) is -0.945. The summed E-state index contributed by atoms with van der Waals surface area (Å²) in [5, 5.41) is 52.4. The molecular formula is C32H12N12Na2NiO8S2. The van der Waals surface area contributed by atoms with E-state index < -0.39 is 15.0 Å². The van der Waals surface area contributed by atoms with Crippen LogP contribution in [0.1, 0.15) is 11.4 Å². The third-order valence-corrected chi connectivity index (χ3v) is 7.91. The van der Waals surface area contributed by atoms with E-state index in [0.717, 1.165) is 12.1 Å². The van der Waals surface area contributed by atoms with Gasteiger partial charge in [-0.3, -0.25) is 15.0 Å². The van der Waals surface area contributed by atoms with Gasteiger partial charge in [0.2, 0.25) is 5.95 Å². The van der Waals surface area contributed by atoms with Crippen molar-refractivity contribution in [3.8, 4) is 23.6 Å². The average molecular weight is 861 g/mol. The van der Waals surface area contributed by atoms with Crippen molar-refractivity contribution in [2.75, 3.05) is 0 Å². The van der Waals surface area contributed by atoms with Crippen LogP contribution in [0.15, 0.2) is 90.4 Å². The van der Waals surface area contributed by atoms with E-state index in [9.17, 15) is 28.4 Å². The van der Waals surface area contributed by atoms with E-state index in [2.05, 4.69) is 71.0 Å². The van der Waals surface area contributed by atoms with Gasteiger partial charge >= 0.3 is 75.6 Å². The Morgan fingerprint density at radius 2 is 1.39 bits per heavy atom. The van der Waals surface area contributed by atoms with Gasteiger partial charge in [0.05, 0.1) is 45.5 Å². The van der Waals surface area contributed by atoms with E-state index in [4.69, 9.17) is 23.7 Å².